The van der Waals surface area contributed by atoms with Crippen LogP contribution in [-0.4, -0.2) is 115 Å². The maximum Gasteiger partial charge on any atom is 0.338 e. The molecular formula is C46H30BO27P. The van der Waals surface area contributed by atoms with Gasteiger partial charge in [0.1, 0.15) is 0 Å². The van der Waals surface area contributed by atoms with E-state index in [2.05, 4.69) is 63.0 Å². The lowest BCUT2D eigenvalue weighted by atomic mass is 10.1. The number of rotatable bonds is 4. The van der Waals surface area contributed by atoms with Crippen LogP contribution in [0.25, 0.3) is 0 Å². The van der Waals surface area contributed by atoms with Gasteiger partial charge >= 0.3 is 107 Å². The average Bonchev–Trinajstić information content (AvgIpc) is 4.11. The van der Waals surface area contributed by atoms with E-state index in [-0.39, 0.29) is 47.3 Å². The van der Waals surface area contributed by atoms with Gasteiger partial charge in [-0.3, -0.25) is 76.7 Å². The zero-order chi connectivity index (χ0) is 54.0. The van der Waals surface area contributed by atoms with Gasteiger partial charge in [0.05, 0.1) is 102 Å². The Balaban J connectivity index is 0.000000100. The summed E-state index contributed by atoms with van der Waals surface area (Å²) in [5.74, 6) is -17.2. The third kappa shape index (κ3) is 7.27. The third-order valence-corrected chi connectivity index (χ3v) is 16.9. The molecule has 384 valence electrons. The standard InChI is InChI=1S/4C10H6O6.C4H2O3.C2H2.BH2P/c4*11-7-3-1(4(3)8(12)15-7)2-5-6(2)10(14)16-9(5)13;5-3-1-2-4(6)7-3;2*1-2/h4*1-6H;1-2H;1-2H;2H2. The molecule has 17 aliphatic rings. The summed E-state index contributed by atoms with van der Waals surface area (Å²) in [6, 6.07) is 0. The van der Waals surface area contributed by atoms with Crippen molar-refractivity contribution in [3.05, 3.63) is 12.2 Å². The number of hydrogen-bond donors (Lipinski definition) is 0. The molecule has 27 nitrogen and oxygen atoms in total. The number of terminal acetylenes is 1. The molecule has 9 heterocycles. The smallest absolute Gasteiger partial charge is 0.338 e. The number of cyclic esters (lactones) is 18. The van der Waals surface area contributed by atoms with Crippen LogP contribution in [0.2, 0.25) is 0 Å². The van der Waals surface area contributed by atoms with E-state index in [1.54, 1.807) is 0 Å². The van der Waals surface area contributed by atoms with Gasteiger partial charge in [-0.2, -0.15) is 9.12 Å². The maximum atomic E-state index is 11.2. The first kappa shape index (κ1) is 49.3. The quantitative estimate of drug-likeness (QED) is 0.0638. The summed E-state index contributed by atoms with van der Waals surface area (Å²) in [6.45, 7) is 0. The van der Waals surface area contributed by atoms with Gasteiger partial charge in [-0.25, -0.2) is 9.59 Å². The van der Waals surface area contributed by atoms with Gasteiger partial charge in [0.2, 0.25) is 0 Å². The van der Waals surface area contributed by atoms with Gasteiger partial charge in [-0.15, -0.1) is 12.8 Å². The van der Waals surface area contributed by atoms with Crippen LogP contribution < -0.4 is 0 Å². The number of esters is 18. The normalized spacial score (nSPS) is 46.1. The number of carbonyl (C=O) groups excluding carboxylic acids is 18. The fourth-order valence-corrected chi connectivity index (χ4v) is 13.6. The maximum absolute atomic E-state index is 11.2. The Morgan fingerprint density at radius 1 is 0.227 bits per heavy atom. The Bertz CT molecular complexity index is 2300. The number of carbonyl (C=O) groups is 18. The average molecular weight is 1060 g/mol. The predicted octanol–water partition coefficient (Wildman–Crippen LogP) is -4.67. The zero-order valence-corrected chi connectivity index (χ0v) is 38.5. The summed E-state index contributed by atoms with van der Waals surface area (Å²) < 4.78 is 39.4. The van der Waals surface area contributed by atoms with Gasteiger partial charge in [-0.05, 0) is 47.3 Å². The van der Waals surface area contributed by atoms with E-state index in [0.29, 0.717) is 0 Å². The molecule has 8 saturated heterocycles. The van der Waals surface area contributed by atoms with Crippen LogP contribution in [0.3, 0.4) is 0 Å². The van der Waals surface area contributed by atoms with Crippen molar-refractivity contribution >= 4 is 124 Å². The summed E-state index contributed by atoms with van der Waals surface area (Å²) in [5.41, 5.74) is 0. The van der Waals surface area contributed by atoms with E-state index in [1.807, 2.05) is 9.12 Å². The molecule has 8 saturated carbocycles. The Morgan fingerprint density at radius 3 is 0.387 bits per heavy atom. The zero-order valence-electron chi connectivity index (χ0n) is 37.3. The lowest BCUT2D eigenvalue weighted by Crippen LogP contribution is -2.17. The van der Waals surface area contributed by atoms with Gasteiger partial charge in [0.25, 0.3) is 0 Å². The van der Waals surface area contributed by atoms with Crippen molar-refractivity contribution in [3.8, 4) is 12.8 Å². The van der Waals surface area contributed by atoms with Crippen LogP contribution in [0.5, 0.6) is 0 Å². The highest BCUT2D eigenvalue weighted by Gasteiger charge is 2.83. The molecule has 0 spiro atoms. The molecule has 0 aromatic rings. The van der Waals surface area contributed by atoms with Crippen molar-refractivity contribution in [2.24, 2.45) is 142 Å². The van der Waals surface area contributed by atoms with E-state index in [4.69, 9.17) is 0 Å². The predicted molar refractivity (Wildman–Crippen MR) is 218 cm³/mol. The van der Waals surface area contributed by atoms with Crippen LogP contribution in [-0.2, 0) is 129 Å². The van der Waals surface area contributed by atoms with Gasteiger partial charge < -0.3 is 42.6 Å². The number of fused-ring (bicyclic) bond motifs is 8. The van der Waals surface area contributed by atoms with Crippen molar-refractivity contribution in [2.75, 3.05) is 0 Å². The van der Waals surface area contributed by atoms with Gasteiger partial charge in [-0.1, -0.05) is 0 Å². The van der Waals surface area contributed by atoms with Crippen molar-refractivity contribution in [1.82, 2.24) is 0 Å². The van der Waals surface area contributed by atoms with Crippen molar-refractivity contribution in [1.29, 1.82) is 0 Å². The molecule has 9 aliphatic heterocycles. The fraction of sp³-hybridized carbons (Fsp3) is 0.522. The monoisotopic (exact) mass is 1060 g/mol. The molecule has 2 radical (unpaired) electrons. The highest BCUT2D eigenvalue weighted by atomic mass is 31.0. The molecule has 29 heteroatoms. The Kier molecular flexibility index (Phi) is 11.0. The van der Waals surface area contributed by atoms with Crippen molar-refractivity contribution in [2.45, 2.75) is 0 Å². The van der Waals surface area contributed by atoms with E-state index in [1.165, 1.54) is 0 Å². The Morgan fingerprint density at radius 2 is 0.320 bits per heavy atom. The fourth-order valence-electron chi connectivity index (χ4n) is 13.6. The molecule has 0 aromatic carbocycles. The summed E-state index contributed by atoms with van der Waals surface area (Å²) in [7, 11) is 6.33. The third-order valence-electron chi connectivity index (χ3n) is 16.9. The van der Waals surface area contributed by atoms with E-state index < -0.39 is 202 Å². The SMILES string of the molecule is C#C.O=C1C=CC(=O)O1.O=C1OC(=O)C2C1C2C1C2C(=O)OC(=O)C21.O=C1OC(=O)C2C1C2C1C2C(=O)OC(=O)C21.O=C1OC(=O)C2C1C2C1C2C(=O)OC(=O)C21.O=C1OC(=O)C2C1C2C1C2C(=O)OC(=O)C21.[B]P. The first-order valence-electron chi connectivity index (χ1n) is 22.9. The molecular weight excluding hydrogens is 1030 g/mol. The van der Waals surface area contributed by atoms with Crippen LogP contribution in [0.4, 0.5) is 0 Å². The second-order valence-electron chi connectivity index (χ2n) is 20.0. The van der Waals surface area contributed by atoms with E-state index >= 15 is 0 Å². The van der Waals surface area contributed by atoms with Gasteiger partial charge in [0, 0.05) is 12.2 Å². The number of hydrogen-bond acceptors (Lipinski definition) is 27. The summed E-state index contributed by atoms with van der Waals surface area (Å²) in [5, 5.41) is 0. The van der Waals surface area contributed by atoms with Crippen LogP contribution in [0.15, 0.2) is 12.2 Å². The van der Waals surface area contributed by atoms with Crippen LogP contribution in [0, 0.1) is 155 Å². The largest absolute Gasteiger partial charge is 0.393 e. The molecule has 17 unspecified atom stereocenters. The lowest BCUT2D eigenvalue weighted by molar-refractivity contribution is -0.160. The van der Waals surface area contributed by atoms with Crippen LogP contribution >= 0.6 is 9.12 Å². The first-order chi connectivity index (χ1) is 35.7. The molecule has 0 aromatic heterocycles. The molecule has 17 rings (SSSR count). The van der Waals surface area contributed by atoms with E-state index in [0.717, 1.165) is 12.2 Å². The minimum atomic E-state index is -0.579. The number of ether oxygens (including phenoxy) is 9. The van der Waals surface area contributed by atoms with Crippen molar-refractivity contribution < 1.29 is 129 Å². The van der Waals surface area contributed by atoms with E-state index in [9.17, 15) is 86.3 Å². The molecule has 0 N–H and O–H groups in total. The summed E-state index contributed by atoms with van der Waals surface area (Å²) >= 11 is 0. The summed E-state index contributed by atoms with van der Waals surface area (Å²) in [6.07, 6.45) is 10.2. The highest BCUT2D eigenvalue weighted by molar-refractivity contribution is 7.49. The van der Waals surface area contributed by atoms with Crippen LogP contribution in [0.1, 0.15) is 0 Å². The highest BCUT2D eigenvalue weighted by Crippen LogP contribution is 2.72. The van der Waals surface area contributed by atoms with Crippen molar-refractivity contribution in [3.63, 3.8) is 0 Å². The molecule has 16 fully saturated rings. The Hall–Kier alpha value is -7.95. The molecule has 0 bridgehead atoms. The summed E-state index contributed by atoms with van der Waals surface area (Å²) in [4.78, 5) is 199. The molecule has 0 amide bonds. The Labute approximate surface area is 419 Å². The second kappa shape index (κ2) is 16.8. The lowest BCUT2D eigenvalue weighted by Gasteiger charge is -2.04. The molecule has 17 atom stereocenters. The molecule has 75 heavy (non-hydrogen) atoms. The topological polar surface area (TPSA) is 390 Å². The second-order valence-corrected chi connectivity index (χ2v) is 20.0. The van der Waals surface area contributed by atoms with Gasteiger partial charge in [0.15, 0.2) is 0 Å². The minimum Gasteiger partial charge on any atom is -0.393 e. The molecule has 8 aliphatic carbocycles. The first-order valence-corrected chi connectivity index (χ1v) is 23.5. The minimum absolute atomic E-state index is 0.166.